The summed E-state index contributed by atoms with van der Waals surface area (Å²) in [6.07, 6.45) is 0.278. The molecule has 5 heteroatoms. The van der Waals surface area contributed by atoms with Crippen LogP contribution in [-0.4, -0.2) is 41.5 Å². The number of nitrogens with zero attached hydrogens (tertiary/aromatic N) is 1. The van der Waals surface area contributed by atoms with Crippen LogP contribution in [0.1, 0.15) is 5.56 Å². The van der Waals surface area contributed by atoms with Gasteiger partial charge in [0.25, 0.3) is 5.91 Å². The molecule has 0 saturated carbocycles. The zero-order valence-electron chi connectivity index (χ0n) is 9.89. The Morgan fingerprint density at radius 1 is 1.39 bits per heavy atom. The van der Waals surface area contributed by atoms with Crippen LogP contribution in [-0.2, 0) is 11.2 Å². The first-order valence-electron chi connectivity index (χ1n) is 6.05. The summed E-state index contributed by atoms with van der Waals surface area (Å²) in [5, 5.41) is 0.694. The fourth-order valence-corrected chi connectivity index (χ4v) is 3.44. The van der Waals surface area contributed by atoms with Crippen molar-refractivity contribution in [3.05, 3.63) is 28.8 Å². The van der Waals surface area contributed by atoms with Crippen molar-refractivity contribution in [1.82, 2.24) is 4.90 Å². The first kappa shape index (κ1) is 12.2. The van der Waals surface area contributed by atoms with Crippen LogP contribution >= 0.6 is 23.4 Å². The van der Waals surface area contributed by atoms with Crippen LogP contribution in [0.4, 0.5) is 0 Å². The second kappa shape index (κ2) is 5.02. The van der Waals surface area contributed by atoms with Crippen LogP contribution in [0, 0.1) is 0 Å². The van der Waals surface area contributed by atoms with E-state index in [1.54, 1.807) is 6.07 Å². The Balaban J connectivity index is 1.71. The summed E-state index contributed by atoms with van der Waals surface area (Å²) in [7, 11) is 0. The summed E-state index contributed by atoms with van der Waals surface area (Å²) in [5.41, 5.74) is 1.03. The molecule has 3 rings (SSSR count). The zero-order valence-corrected chi connectivity index (χ0v) is 11.5. The largest absolute Gasteiger partial charge is 0.480 e. The Kier molecular flexibility index (Phi) is 3.39. The van der Waals surface area contributed by atoms with Crippen molar-refractivity contribution in [2.24, 2.45) is 0 Å². The van der Waals surface area contributed by atoms with E-state index in [0.29, 0.717) is 11.4 Å². The van der Waals surface area contributed by atoms with Crippen LogP contribution in [0.15, 0.2) is 18.2 Å². The average Bonchev–Trinajstić information content (AvgIpc) is 2.81. The zero-order chi connectivity index (χ0) is 12.5. The number of halogens is 1. The topological polar surface area (TPSA) is 29.5 Å². The minimum absolute atomic E-state index is 0.114. The molecule has 0 spiro atoms. The number of fused-ring (bicyclic) bond motifs is 1. The molecule has 3 nitrogen and oxygen atoms in total. The molecule has 2 aliphatic heterocycles. The number of benzene rings is 1. The molecule has 1 fully saturated rings. The Bertz CT molecular complexity index is 474. The van der Waals surface area contributed by atoms with E-state index < -0.39 is 0 Å². The van der Waals surface area contributed by atoms with Gasteiger partial charge in [-0.25, -0.2) is 0 Å². The maximum atomic E-state index is 12.3. The highest BCUT2D eigenvalue weighted by Crippen LogP contribution is 2.31. The summed E-state index contributed by atoms with van der Waals surface area (Å²) >= 11 is 7.84. The van der Waals surface area contributed by atoms with Gasteiger partial charge in [-0.15, -0.1) is 0 Å². The molecular formula is C13H14ClNO2S. The number of carbonyl (C=O) groups is 1. The molecule has 0 N–H and O–H groups in total. The standard InChI is InChI=1S/C13H14ClNO2S/c14-10-1-2-11-9(7-10)8-12(17-11)13(16)15-3-5-18-6-4-15/h1-2,7,12H,3-6,8H2/t12-/m1/s1. The minimum Gasteiger partial charge on any atom is -0.480 e. The molecule has 0 radical (unpaired) electrons. The summed E-state index contributed by atoms with van der Waals surface area (Å²) in [5.74, 6) is 2.96. The second-order valence-electron chi connectivity index (χ2n) is 4.50. The molecule has 1 aromatic rings. The third-order valence-electron chi connectivity index (χ3n) is 3.30. The molecule has 18 heavy (non-hydrogen) atoms. The van der Waals surface area contributed by atoms with Gasteiger partial charge in [-0.2, -0.15) is 11.8 Å². The lowest BCUT2D eigenvalue weighted by atomic mass is 10.1. The molecule has 1 aromatic carbocycles. The van der Waals surface area contributed by atoms with E-state index in [-0.39, 0.29) is 12.0 Å². The SMILES string of the molecule is O=C([C@H]1Cc2cc(Cl)ccc2O1)N1CCSCC1. The molecule has 96 valence electrons. The van der Waals surface area contributed by atoms with Gasteiger partial charge in [0, 0.05) is 36.0 Å². The summed E-state index contributed by atoms with van der Waals surface area (Å²) in [6, 6.07) is 5.53. The van der Waals surface area contributed by atoms with Gasteiger partial charge in [0.1, 0.15) is 5.75 Å². The van der Waals surface area contributed by atoms with Crippen molar-refractivity contribution < 1.29 is 9.53 Å². The van der Waals surface area contributed by atoms with Crippen molar-refractivity contribution >= 4 is 29.3 Å². The highest BCUT2D eigenvalue weighted by atomic mass is 35.5. The van der Waals surface area contributed by atoms with Gasteiger partial charge in [-0.1, -0.05) is 11.6 Å². The minimum atomic E-state index is -0.360. The molecule has 2 heterocycles. The Morgan fingerprint density at radius 2 is 2.17 bits per heavy atom. The lowest BCUT2D eigenvalue weighted by Crippen LogP contribution is -2.45. The first-order valence-corrected chi connectivity index (χ1v) is 7.59. The predicted octanol–water partition coefficient (Wildman–Crippen LogP) is 2.22. The van der Waals surface area contributed by atoms with Gasteiger partial charge >= 0.3 is 0 Å². The van der Waals surface area contributed by atoms with E-state index in [2.05, 4.69) is 0 Å². The highest BCUT2D eigenvalue weighted by molar-refractivity contribution is 7.99. The molecule has 0 bridgehead atoms. The monoisotopic (exact) mass is 283 g/mol. The fraction of sp³-hybridized carbons (Fsp3) is 0.462. The Labute approximate surface area is 115 Å². The van der Waals surface area contributed by atoms with E-state index in [1.165, 1.54) is 0 Å². The average molecular weight is 284 g/mol. The highest BCUT2D eigenvalue weighted by Gasteiger charge is 2.32. The maximum absolute atomic E-state index is 12.3. The number of thioether (sulfide) groups is 1. The Morgan fingerprint density at radius 3 is 2.94 bits per heavy atom. The first-order chi connectivity index (χ1) is 8.74. The summed E-state index contributed by atoms with van der Waals surface area (Å²) < 4.78 is 5.72. The fourth-order valence-electron chi connectivity index (χ4n) is 2.34. The third-order valence-corrected chi connectivity index (χ3v) is 4.47. The van der Waals surface area contributed by atoms with Crippen molar-refractivity contribution in [2.45, 2.75) is 12.5 Å². The van der Waals surface area contributed by atoms with E-state index >= 15 is 0 Å². The molecule has 1 saturated heterocycles. The molecule has 1 amide bonds. The van der Waals surface area contributed by atoms with Crippen LogP contribution < -0.4 is 4.74 Å². The quantitative estimate of drug-likeness (QED) is 0.791. The van der Waals surface area contributed by atoms with Crippen molar-refractivity contribution in [2.75, 3.05) is 24.6 Å². The second-order valence-corrected chi connectivity index (χ2v) is 6.16. The van der Waals surface area contributed by atoms with E-state index in [4.69, 9.17) is 16.3 Å². The predicted molar refractivity (Wildman–Crippen MR) is 73.5 cm³/mol. The van der Waals surface area contributed by atoms with Gasteiger partial charge in [0.05, 0.1) is 0 Å². The maximum Gasteiger partial charge on any atom is 0.264 e. The molecular weight excluding hydrogens is 270 g/mol. The van der Waals surface area contributed by atoms with Crippen LogP contribution in [0.2, 0.25) is 5.02 Å². The summed E-state index contributed by atoms with van der Waals surface area (Å²) in [4.78, 5) is 14.2. The van der Waals surface area contributed by atoms with E-state index in [0.717, 1.165) is 35.9 Å². The Hall–Kier alpha value is -0.870. The third kappa shape index (κ3) is 2.31. The smallest absolute Gasteiger partial charge is 0.264 e. The number of amides is 1. The van der Waals surface area contributed by atoms with E-state index in [1.807, 2.05) is 28.8 Å². The van der Waals surface area contributed by atoms with Crippen LogP contribution in [0.5, 0.6) is 5.75 Å². The lowest BCUT2D eigenvalue weighted by molar-refractivity contribution is -0.137. The van der Waals surface area contributed by atoms with Gasteiger partial charge in [0.2, 0.25) is 0 Å². The number of hydrogen-bond donors (Lipinski definition) is 0. The van der Waals surface area contributed by atoms with E-state index in [9.17, 15) is 4.79 Å². The molecule has 1 atom stereocenters. The van der Waals surface area contributed by atoms with Crippen LogP contribution in [0.3, 0.4) is 0 Å². The number of rotatable bonds is 1. The number of hydrogen-bond acceptors (Lipinski definition) is 3. The van der Waals surface area contributed by atoms with Crippen LogP contribution in [0.25, 0.3) is 0 Å². The lowest BCUT2D eigenvalue weighted by Gasteiger charge is -2.28. The van der Waals surface area contributed by atoms with Crippen molar-refractivity contribution in [3.8, 4) is 5.75 Å². The van der Waals surface area contributed by atoms with Gasteiger partial charge in [-0.05, 0) is 23.8 Å². The van der Waals surface area contributed by atoms with Gasteiger partial charge in [0.15, 0.2) is 6.10 Å². The van der Waals surface area contributed by atoms with Gasteiger partial charge in [-0.3, -0.25) is 4.79 Å². The molecule has 0 unspecified atom stereocenters. The van der Waals surface area contributed by atoms with Crippen molar-refractivity contribution in [3.63, 3.8) is 0 Å². The molecule has 0 aliphatic carbocycles. The van der Waals surface area contributed by atoms with Crippen molar-refractivity contribution in [1.29, 1.82) is 0 Å². The summed E-state index contributed by atoms with van der Waals surface area (Å²) in [6.45, 7) is 1.67. The normalized spacial score (nSPS) is 22.5. The van der Waals surface area contributed by atoms with Gasteiger partial charge < -0.3 is 9.64 Å². The molecule has 0 aromatic heterocycles. The number of carbonyl (C=O) groups excluding carboxylic acids is 1. The number of ether oxygens (including phenoxy) is 1. The molecule has 2 aliphatic rings.